The van der Waals surface area contributed by atoms with Gasteiger partial charge in [-0.1, -0.05) is 43.3 Å². The van der Waals surface area contributed by atoms with Crippen molar-refractivity contribution in [1.29, 1.82) is 0 Å². The van der Waals surface area contributed by atoms with Gasteiger partial charge < -0.3 is 14.6 Å². The molecule has 0 bridgehead atoms. The van der Waals surface area contributed by atoms with E-state index in [1.54, 1.807) is 55.5 Å². The van der Waals surface area contributed by atoms with E-state index >= 15 is 0 Å². The zero-order valence-corrected chi connectivity index (χ0v) is 18.9. The van der Waals surface area contributed by atoms with Crippen LogP contribution in [0.5, 0.6) is 11.5 Å². The number of Topliss-reactive ketones (excluding diaryl/α,β-unsaturated/α-hetero) is 1. The Bertz CT molecular complexity index is 1140. The van der Waals surface area contributed by atoms with Gasteiger partial charge in [0.1, 0.15) is 17.3 Å². The zero-order valence-electron chi connectivity index (χ0n) is 18.9. The van der Waals surface area contributed by atoms with Crippen molar-refractivity contribution in [2.24, 2.45) is 5.92 Å². The summed E-state index contributed by atoms with van der Waals surface area (Å²) in [5.74, 6) is -0.400. The van der Waals surface area contributed by atoms with Gasteiger partial charge in [-0.15, -0.1) is 0 Å². The standard InChI is InChI=1S/C27H27FO5/c1-17(27(31)33-3)14-18-4-5-21(26(30)15-18)10-13-25(29)20-8-6-19(7-9-20)23-16-22(32-2)11-12-24(23)28/h4-9,11-12,15-17,30H,10,13-14H2,1-3H3. The minimum absolute atomic E-state index is 0.0737. The summed E-state index contributed by atoms with van der Waals surface area (Å²) in [6, 6.07) is 16.5. The topological polar surface area (TPSA) is 72.8 Å². The number of methoxy groups -OCH3 is 2. The van der Waals surface area contributed by atoms with E-state index in [-0.39, 0.29) is 35.7 Å². The molecule has 0 amide bonds. The predicted molar refractivity (Wildman–Crippen MR) is 124 cm³/mol. The highest BCUT2D eigenvalue weighted by Crippen LogP contribution is 2.28. The van der Waals surface area contributed by atoms with Crippen molar-refractivity contribution in [3.63, 3.8) is 0 Å². The number of benzene rings is 3. The normalized spacial score (nSPS) is 11.6. The predicted octanol–water partition coefficient (Wildman–Crippen LogP) is 5.37. The summed E-state index contributed by atoms with van der Waals surface area (Å²) >= 11 is 0. The summed E-state index contributed by atoms with van der Waals surface area (Å²) in [6.45, 7) is 1.77. The van der Waals surface area contributed by atoms with Gasteiger partial charge in [0, 0.05) is 17.5 Å². The Balaban J connectivity index is 1.63. The molecule has 0 radical (unpaired) electrons. The molecule has 0 saturated carbocycles. The molecular weight excluding hydrogens is 423 g/mol. The van der Waals surface area contributed by atoms with Crippen molar-refractivity contribution >= 4 is 11.8 Å². The van der Waals surface area contributed by atoms with Gasteiger partial charge in [0.15, 0.2) is 5.78 Å². The summed E-state index contributed by atoms with van der Waals surface area (Å²) in [7, 11) is 2.87. The molecule has 0 fully saturated rings. The van der Waals surface area contributed by atoms with Gasteiger partial charge in [-0.2, -0.15) is 0 Å². The van der Waals surface area contributed by atoms with Crippen LogP contribution in [0.25, 0.3) is 11.1 Å². The first-order valence-electron chi connectivity index (χ1n) is 10.7. The Hall–Kier alpha value is -3.67. The molecule has 5 nitrogen and oxygen atoms in total. The lowest BCUT2D eigenvalue weighted by Gasteiger charge is -2.11. The number of ether oxygens (including phenoxy) is 2. The third-order valence-corrected chi connectivity index (χ3v) is 5.61. The summed E-state index contributed by atoms with van der Waals surface area (Å²) in [5, 5.41) is 10.3. The van der Waals surface area contributed by atoms with E-state index in [0.29, 0.717) is 40.8 Å². The van der Waals surface area contributed by atoms with Crippen LogP contribution in [0.15, 0.2) is 60.7 Å². The average Bonchev–Trinajstić information content (AvgIpc) is 2.83. The smallest absolute Gasteiger partial charge is 0.308 e. The second kappa shape index (κ2) is 10.8. The zero-order chi connectivity index (χ0) is 24.0. The maximum atomic E-state index is 14.2. The van der Waals surface area contributed by atoms with E-state index in [1.807, 2.05) is 6.07 Å². The fourth-order valence-electron chi connectivity index (χ4n) is 3.67. The molecular formula is C27H27FO5. The lowest BCUT2D eigenvalue weighted by atomic mass is 9.96. The quantitative estimate of drug-likeness (QED) is 0.350. The van der Waals surface area contributed by atoms with Crippen LogP contribution in [0.2, 0.25) is 0 Å². The molecule has 0 heterocycles. The second-order valence-electron chi connectivity index (χ2n) is 7.94. The molecule has 3 rings (SSSR count). The van der Waals surface area contributed by atoms with Crippen LogP contribution in [0.3, 0.4) is 0 Å². The van der Waals surface area contributed by atoms with Crippen LogP contribution in [0, 0.1) is 11.7 Å². The first-order chi connectivity index (χ1) is 15.8. The van der Waals surface area contributed by atoms with Crippen LogP contribution >= 0.6 is 0 Å². The Kier molecular flexibility index (Phi) is 7.83. The van der Waals surface area contributed by atoms with E-state index in [1.165, 1.54) is 20.3 Å². The number of carbonyl (C=O) groups excluding carboxylic acids is 2. The average molecular weight is 451 g/mol. The molecule has 0 aliphatic rings. The van der Waals surface area contributed by atoms with Crippen molar-refractivity contribution in [1.82, 2.24) is 0 Å². The Morgan fingerprint density at radius 3 is 2.36 bits per heavy atom. The molecule has 1 N–H and O–H groups in total. The van der Waals surface area contributed by atoms with E-state index in [0.717, 1.165) is 5.56 Å². The van der Waals surface area contributed by atoms with Crippen molar-refractivity contribution in [3.05, 3.63) is 83.2 Å². The highest BCUT2D eigenvalue weighted by molar-refractivity contribution is 5.96. The summed E-state index contributed by atoms with van der Waals surface area (Å²) in [6.07, 6.45) is 1.06. The van der Waals surface area contributed by atoms with E-state index < -0.39 is 0 Å². The maximum absolute atomic E-state index is 14.2. The minimum atomic E-state index is -0.366. The monoisotopic (exact) mass is 450 g/mol. The van der Waals surface area contributed by atoms with Gasteiger partial charge in [-0.25, -0.2) is 4.39 Å². The first kappa shape index (κ1) is 24.0. The van der Waals surface area contributed by atoms with Crippen molar-refractivity contribution in [3.8, 4) is 22.6 Å². The number of phenols is 1. The van der Waals surface area contributed by atoms with Crippen molar-refractivity contribution in [2.75, 3.05) is 14.2 Å². The third-order valence-electron chi connectivity index (χ3n) is 5.61. The van der Waals surface area contributed by atoms with E-state index in [4.69, 9.17) is 9.47 Å². The number of ketones is 1. The molecule has 0 aromatic heterocycles. The van der Waals surface area contributed by atoms with E-state index in [2.05, 4.69) is 0 Å². The molecule has 1 atom stereocenters. The fraction of sp³-hybridized carbons (Fsp3) is 0.259. The molecule has 0 aliphatic carbocycles. The summed E-state index contributed by atoms with van der Waals surface area (Å²) in [5.41, 5.74) is 3.05. The SMILES string of the molecule is COC(=O)C(C)Cc1ccc(CCC(=O)c2ccc(-c3cc(OC)ccc3F)cc2)c(O)c1. The van der Waals surface area contributed by atoms with E-state index in [9.17, 15) is 19.1 Å². The number of rotatable bonds is 9. The van der Waals surface area contributed by atoms with Gasteiger partial charge >= 0.3 is 5.97 Å². The van der Waals surface area contributed by atoms with Crippen LogP contribution in [-0.4, -0.2) is 31.1 Å². The molecule has 0 spiro atoms. The van der Waals surface area contributed by atoms with Gasteiger partial charge in [0.25, 0.3) is 0 Å². The Labute approximate surface area is 192 Å². The number of hydrogen-bond acceptors (Lipinski definition) is 5. The molecule has 6 heteroatoms. The number of aromatic hydroxyl groups is 1. The second-order valence-corrected chi connectivity index (χ2v) is 7.94. The molecule has 3 aromatic rings. The molecule has 3 aromatic carbocycles. The number of phenolic OH excluding ortho intramolecular Hbond substituents is 1. The first-order valence-corrected chi connectivity index (χ1v) is 10.7. The number of carbonyl (C=O) groups is 2. The van der Waals surface area contributed by atoms with Gasteiger partial charge in [0.05, 0.1) is 20.1 Å². The third kappa shape index (κ3) is 5.98. The molecule has 0 saturated heterocycles. The number of hydrogen-bond donors (Lipinski definition) is 1. The maximum Gasteiger partial charge on any atom is 0.308 e. The largest absolute Gasteiger partial charge is 0.508 e. The molecule has 172 valence electrons. The van der Waals surface area contributed by atoms with Crippen LogP contribution in [0.1, 0.15) is 34.8 Å². The Morgan fingerprint density at radius 2 is 1.73 bits per heavy atom. The molecule has 0 aliphatic heterocycles. The number of halogens is 1. The lowest BCUT2D eigenvalue weighted by molar-refractivity contribution is -0.144. The van der Waals surface area contributed by atoms with Crippen LogP contribution in [0.4, 0.5) is 4.39 Å². The highest BCUT2D eigenvalue weighted by Gasteiger charge is 2.15. The minimum Gasteiger partial charge on any atom is -0.508 e. The fourth-order valence-corrected chi connectivity index (χ4v) is 3.67. The lowest BCUT2D eigenvalue weighted by Crippen LogP contribution is -2.15. The summed E-state index contributed by atoms with van der Waals surface area (Å²) in [4.78, 5) is 24.2. The van der Waals surface area contributed by atoms with Crippen molar-refractivity contribution < 1.29 is 28.6 Å². The number of aryl methyl sites for hydroxylation is 1. The molecule has 33 heavy (non-hydrogen) atoms. The van der Waals surface area contributed by atoms with Crippen LogP contribution in [-0.2, 0) is 22.4 Å². The van der Waals surface area contributed by atoms with Gasteiger partial charge in [-0.05, 0) is 53.8 Å². The van der Waals surface area contributed by atoms with Gasteiger partial charge in [-0.3, -0.25) is 9.59 Å². The van der Waals surface area contributed by atoms with Crippen LogP contribution < -0.4 is 4.74 Å². The molecule has 1 unspecified atom stereocenters. The summed E-state index contributed by atoms with van der Waals surface area (Å²) < 4.78 is 24.1. The van der Waals surface area contributed by atoms with Gasteiger partial charge in [0.2, 0.25) is 0 Å². The van der Waals surface area contributed by atoms with Crippen molar-refractivity contribution in [2.45, 2.75) is 26.2 Å². The Morgan fingerprint density at radius 1 is 1.00 bits per heavy atom. The highest BCUT2D eigenvalue weighted by atomic mass is 19.1. The number of esters is 1.